The van der Waals surface area contributed by atoms with Crippen molar-refractivity contribution < 1.29 is 4.79 Å². The van der Waals surface area contributed by atoms with Crippen LogP contribution in [0.3, 0.4) is 0 Å². The smallest absolute Gasteiger partial charge is 0.274 e. The fraction of sp³-hybridized carbons (Fsp3) is 0.238. The lowest BCUT2D eigenvalue weighted by Gasteiger charge is -2.14. The maximum absolute atomic E-state index is 12.7. The summed E-state index contributed by atoms with van der Waals surface area (Å²) >= 11 is 0. The average Bonchev–Trinajstić information content (AvgIpc) is 2.73. The third-order valence-corrected chi connectivity index (χ3v) is 4.31. The Morgan fingerprint density at radius 2 is 1.74 bits per heavy atom. The van der Waals surface area contributed by atoms with Crippen LogP contribution in [0.4, 0.5) is 11.5 Å². The van der Waals surface area contributed by atoms with Crippen molar-refractivity contribution in [1.29, 1.82) is 0 Å². The van der Waals surface area contributed by atoms with Crippen LogP contribution in [0.1, 0.15) is 41.2 Å². The highest BCUT2D eigenvalue weighted by atomic mass is 16.1. The molecule has 2 N–H and O–H groups in total. The average molecular weight is 361 g/mol. The number of carbonyl (C=O) groups is 1. The highest BCUT2D eigenvalue weighted by Gasteiger charge is 2.13. The van der Waals surface area contributed by atoms with Crippen LogP contribution in [0.2, 0.25) is 0 Å². The predicted octanol–water partition coefficient (Wildman–Crippen LogP) is 3.86. The summed E-state index contributed by atoms with van der Waals surface area (Å²) in [5, 5.41) is 6.20. The van der Waals surface area contributed by atoms with Gasteiger partial charge in [-0.15, -0.1) is 0 Å². The number of para-hydroxylation sites is 1. The molecule has 0 radical (unpaired) electrons. The molecule has 0 aliphatic heterocycles. The fourth-order valence-electron chi connectivity index (χ4n) is 2.84. The van der Waals surface area contributed by atoms with Gasteiger partial charge in [0.05, 0.1) is 12.2 Å². The molecule has 0 aliphatic rings. The highest BCUT2D eigenvalue weighted by molar-refractivity contribution is 6.04. The Kier molecular flexibility index (Phi) is 6.10. The number of nitrogens with one attached hydrogen (secondary N) is 2. The van der Waals surface area contributed by atoms with Crippen LogP contribution >= 0.6 is 0 Å². The summed E-state index contributed by atoms with van der Waals surface area (Å²) in [6.45, 7) is 4.68. The van der Waals surface area contributed by atoms with Gasteiger partial charge in [-0.3, -0.25) is 9.78 Å². The molecule has 3 rings (SSSR count). The van der Waals surface area contributed by atoms with Gasteiger partial charge in [0.1, 0.15) is 17.8 Å². The molecule has 0 bridgehead atoms. The molecular weight excluding hydrogens is 338 g/mol. The molecule has 0 unspecified atom stereocenters. The monoisotopic (exact) mass is 361 g/mol. The normalized spacial score (nSPS) is 10.4. The van der Waals surface area contributed by atoms with E-state index in [-0.39, 0.29) is 5.91 Å². The number of pyridine rings is 1. The van der Waals surface area contributed by atoms with Crippen LogP contribution in [-0.4, -0.2) is 20.9 Å². The van der Waals surface area contributed by atoms with E-state index in [9.17, 15) is 4.79 Å². The second-order valence-electron chi connectivity index (χ2n) is 6.08. The van der Waals surface area contributed by atoms with E-state index in [0.29, 0.717) is 18.1 Å². The number of rotatable bonds is 7. The maximum atomic E-state index is 12.7. The third kappa shape index (κ3) is 4.67. The zero-order valence-electron chi connectivity index (χ0n) is 15.6. The number of carbonyl (C=O) groups excluding carboxylic acids is 1. The number of hydrogen-bond donors (Lipinski definition) is 2. The molecule has 0 atom stereocenters. The first-order valence-corrected chi connectivity index (χ1v) is 9.09. The number of amides is 1. The number of hydrogen-bond acceptors (Lipinski definition) is 5. The Labute approximate surface area is 159 Å². The first-order chi connectivity index (χ1) is 13.2. The van der Waals surface area contributed by atoms with Crippen molar-refractivity contribution in [3.05, 3.63) is 77.5 Å². The molecule has 2 aromatic heterocycles. The second-order valence-corrected chi connectivity index (χ2v) is 6.08. The molecular formula is C21H23N5O. The second kappa shape index (κ2) is 8.89. The van der Waals surface area contributed by atoms with Gasteiger partial charge < -0.3 is 10.6 Å². The Balaban J connectivity index is 1.74. The van der Waals surface area contributed by atoms with E-state index < -0.39 is 0 Å². The van der Waals surface area contributed by atoms with E-state index in [1.807, 2.05) is 36.4 Å². The minimum atomic E-state index is -0.242. The summed E-state index contributed by atoms with van der Waals surface area (Å²) in [4.78, 5) is 25.3. The van der Waals surface area contributed by atoms with Gasteiger partial charge in [0.25, 0.3) is 5.91 Å². The predicted molar refractivity (Wildman–Crippen MR) is 107 cm³/mol. The van der Waals surface area contributed by atoms with Crippen LogP contribution < -0.4 is 10.6 Å². The van der Waals surface area contributed by atoms with E-state index in [4.69, 9.17) is 0 Å². The van der Waals surface area contributed by atoms with Gasteiger partial charge in [-0.1, -0.05) is 38.1 Å². The van der Waals surface area contributed by atoms with Gasteiger partial charge in [0, 0.05) is 18.0 Å². The van der Waals surface area contributed by atoms with Crippen molar-refractivity contribution in [2.45, 2.75) is 33.2 Å². The van der Waals surface area contributed by atoms with Crippen molar-refractivity contribution in [2.24, 2.45) is 0 Å². The Hall–Kier alpha value is -3.28. The van der Waals surface area contributed by atoms with Crippen LogP contribution in [0.5, 0.6) is 0 Å². The number of anilines is 2. The van der Waals surface area contributed by atoms with Gasteiger partial charge in [0.15, 0.2) is 0 Å². The van der Waals surface area contributed by atoms with Crippen LogP contribution in [0.15, 0.2) is 55.0 Å². The molecule has 6 heteroatoms. The van der Waals surface area contributed by atoms with Crippen molar-refractivity contribution in [3.8, 4) is 0 Å². The molecule has 0 saturated heterocycles. The molecule has 0 aliphatic carbocycles. The van der Waals surface area contributed by atoms with Crippen LogP contribution in [-0.2, 0) is 19.4 Å². The summed E-state index contributed by atoms with van der Waals surface area (Å²) in [5.41, 5.74) is 4.33. The molecule has 0 fully saturated rings. The summed E-state index contributed by atoms with van der Waals surface area (Å²) in [5.74, 6) is 0.342. The number of nitrogens with zero attached hydrogens (tertiary/aromatic N) is 3. The lowest BCUT2D eigenvalue weighted by Crippen LogP contribution is -2.17. The third-order valence-electron chi connectivity index (χ3n) is 4.31. The first kappa shape index (κ1) is 18.5. The molecule has 0 saturated carbocycles. The molecule has 6 nitrogen and oxygen atoms in total. The lowest BCUT2D eigenvalue weighted by atomic mass is 10.0. The van der Waals surface area contributed by atoms with Crippen molar-refractivity contribution in [1.82, 2.24) is 15.0 Å². The largest absolute Gasteiger partial charge is 0.364 e. The van der Waals surface area contributed by atoms with Crippen molar-refractivity contribution in [3.63, 3.8) is 0 Å². The Morgan fingerprint density at radius 3 is 2.41 bits per heavy atom. The number of benzene rings is 1. The van der Waals surface area contributed by atoms with E-state index in [1.165, 1.54) is 6.33 Å². The van der Waals surface area contributed by atoms with Gasteiger partial charge >= 0.3 is 0 Å². The van der Waals surface area contributed by atoms with E-state index >= 15 is 0 Å². The summed E-state index contributed by atoms with van der Waals surface area (Å²) in [6.07, 6.45) is 4.84. The molecule has 0 spiro atoms. The van der Waals surface area contributed by atoms with E-state index in [0.717, 1.165) is 35.3 Å². The molecule has 1 aromatic carbocycles. The number of aromatic nitrogens is 3. The SMILES string of the molecule is CCc1cccc(CC)c1NC(=O)c1cc(NCc2ccccn2)ncn1. The Morgan fingerprint density at radius 1 is 0.963 bits per heavy atom. The summed E-state index contributed by atoms with van der Waals surface area (Å²) < 4.78 is 0. The van der Waals surface area contributed by atoms with E-state index in [1.54, 1.807) is 12.3 Å². The quantitative estimate of drug-likeness (QED) is 0.668. The van der Waals surface area contributed by atoms with Crippen molar-refractivity contribution >= 4 is 17.4 Å². The minimum absolute atomic E-state index is 0.242. The highest BCUT2D eigenvalue weighted by Crippen LogP contribution is 2.23. The lowest BCUT2D eigenvalue weighted by molar-refractivity contribution is 0.102. The zero-order chi connectivity index (χ0) is 19.1. The zero-order valence-corrected chi connectivity index (χ0v) is 15.6. The minimum Gasteiger partial charge on any atom is -0.364 e. The maximum Gasteiger partial charge on any atom is 0.274 e. The topological polar surface area (TPSA) is 79.8 Å². The van der Waals surface area contributed by atoms with Crippen LogP contribution in [0, 0.1) is 0 Å². The van der Waals surface area contributed by atoms with Gasteiger partial charge in [-0.05, 0) is 36.1 Å². The van der Waals surface area contributed by atoms with Crippen molar-refractivity contribution in [2.75, 3.05) is 10.6 Å². The first-order valence-electron chi connectivity index (χ1n) is 9.09. The van der Waals surface area contributed by atoms with E-state index in [2.05, 4.69) is 39.4 Å². The van der Waals surface area contributed by atoms with Gasteiger partial charge in [-0.25, -0.2) is 9.97 Å². The van der Waals surface area contributed by atoms with Gasteiger partial charge in [-0.2, -0.15) is 0 Å². The fourth-order valence-corrected chi connectivity index (χ4v) is 2.84. The summed E-state index contributed by atoms with van der Waals surface area (Å²) in [6, 6.07) is 13.5. The molecule has 1 amide bonds. The standard InChI is InChI=1S/C21H23N5O/c1-3-15-8-7-9-16(4-2)20(15)26-21(27)18-12-19(25-14-24-18)23-13-17-10-5-6-11-22-17/h5-12,14H,3-4,13H2,1-2H3,(H,26,27)(H,23,24,25). The molecule has 3 aromatic rings. The molecule has 138 valence electrons. The Bertz CT molecular complexity index is 889. The molecule has 27 heavy (non-hydrogen) atoms. The molecule has 2 heterocycles. The van der Waals surface area contributed by atoms with Crippen LogP contribution in [0.25, 0.3) is 0 Å². The number of aryl methyl sites for hydroxylation is 2. The summed E-state index contributed by atoms with van der Waals surface area (Å²) in [7, 11) is 0. The van der Waals surface area contributed by atoms with Gasteiger partial charge in [0.2, 0.25) is 0 Å².